The molecule has 0 spiro atoms. The van der Waals surface area contributed by atoms with Crippen LogP contribution >= 0.6 is 11.6 Å². The summed E-state index contributed by atoms with van der Waals surface area (Å²) < 4.78 is 24.5. The highest BCUT2D eigenvalue weighted by Gasteiger charge is 2.29. The van der Waals surface area contributed by atoms with Crippen LogP contribution in [0.25, 0.3) is 0 Å². The Morgan fingerprint density at radius 2 is 2.08 bits per heavy atom. The Hall–Kier alpha value is -2.11. The van der Waals surface area contributed by atoms with Crippen LogP contribution in [0.3, 0.4) is 0 Å². The fourth-order valence-corrected chi connectivity index (χ4v) is 2.96. The van der Waals surface area contributed by atoms with Gasteiger partial charge in [0.15, 0.2) is 6.10 Å². The minimum absolute atomic E-state index is 0.115. The molecule has 0 saturated carbocycles. The van der Waals surface area contributed by atoms with Gasteiger partial charge in [-0.15, -0.1) is 0 Å². The molecule has 2 aromatic carbocycles. The van der Waals surface area contributed by atoms with E-state index in [0.29, 0.717) is 30.5 Å². The first kappa shape index (κ1) is 17.7. The number of carbonyl (C=O) groups excluding carboxylic acids is 1. The van der Waals surface area contributed by atoms with Crippen LogP contribution in [0.15, 0.2) is 48.5 Å². The lowest BCUT2D eigenvalue weighted by Gasteiger charge is -2.34. The predicted octanol–water partition coefficient (Wildman–Crippen LogP) is 3.85. The molecule has 2 aromatic rings. The molecular formula is C19H19ClFNO3. The molecule has 0 bridgehead atoms. The van der Waals surface area contributed by atoms with Gasteiger partial charge in [-0.1, -0.05) is 29.8 Å². The van der Waals surface area contributed by atoms with Gasteiger partial charge in [0, 0.05) is 11.6 Å². The van der Waals surface area contributed by atoms with Gasteiger partial charge in [0.1, 0.15) is 17.7 Å². The molecule has 2 atom stereocenters. The average molecular weight is 364 g/mol. The number of benzene rings is 2. The third kappa shape index (κ3) is 4.50. The lowest BCUT2D eigenvalue weighted by atomic mass is 10.1. The zero-order valence-electron chi connectivity index (χ0n) is 13.8. The summed E-state index contributed by atoms with van der Waals surface area (Å²) in [6, 6.07) is 13.1. The van der Waals surface area contributed by atoms with Crippen LogP contribution in [-0.2, 0) is 9.53 Å². The summed E-state index contributed by atoms with van der Waals surface area (Å²) in [5.41, 5.74) is 0.849. The van der Waals surface area contributed by atoms with E-state index in [1.54, 1.807) is 48.2 Å². The van der Waals surface area contributed by atoms with E-state index < -0.39 is 6.10 Å². The highest BCUT2D eigenvalue weighted by Crippen LogP contribution is 2.24. The second-order valence-electron chi connectivity index (χ2n) is 5.91. The minimum atomic E-state index is -0.634. The minimum Gasteiger partial charge on any atom is -0.481 e. The van der Waals surface area contributed by atoms with Gasteiger partial charge in [0.05, 0.1) is 13.2 Å². The molecule has 2 unspecified atom stereocenters. The number of amides is 1. The standard InChI is InChI=1S/C19H19ClFNO3/c1-13(25-17-4-2-3-15(20)11-17)19(23)22-9-10-24-18(12-22)14-5-7-16(21)8-6-14/h2-8,11,13,18H,9-10,12H2,1H3. The second kappa shape index (κ2) is 7.85. The molecule has 3 rings (SSSR count). The SMILES string of the molecule is CC(Oc1cccc(Cl)c1)C(=O)N1CCOC(c2ccc(F)cc2)C1. The molecule has 1 heterocycles. The quantitative estimate of drug-likeness (QED) is 0.828. The fraction of sp³-hybridized carbons (Fsp3) is 0.316. The Morgan fingerprint density at radius 3 is 2.80 bits per heavy atom. The van der Waals surface area contributed by atoms with Crippen molar-refractivity contribution in [3.63, 3.8) is 0 Å². The molecule has 0 radical (unpaired) electrons. The van der Waals surface area contributed by atoms with Crippen molar-refractivity contribution in [1.82, 2.24) is 4.90 Å². The van der Waals surface area contributed by atoms with E-state index in [-0.39, 0.29) is 17.8 Å². The van der Waals surface area contributed by atoms with Crippen LogP contribution in [0.5, 0.6) is 5.75 Å². The van der Waals surface area contributed by atoms with Crippen molar-refractivity contribution >= 4 is 17.5 Å². The van der Waals surface area contributed by atoms with Crippen molar-refractivity contribution in [2.45, 2.75) is 19.1 Å². The largest absolute Gasteiger partial charge is 0.481 e. The van der Waals surface area contributed by atoms with Gasteiger partial charge in [-0.3, -0.25) is 4.79 Å². The first-order valence-electron chi connectivity index (χ1n) is 8.11. The van der Waals surface area contributed by atoms with Gasteiger partial charge in [-0.05, 0) is 42.8 Å². The molecule has 1 fully saturated rings. The molecule has 0 N–H and O–H groups in total. The van der Waals surface area contributed by atoms with Crippen molar-refractivity contribution in [2.24, 2.45) is 0 Å². The van der Waals surface area contributed by atoms with Gasteiger partial charge < -0.3 is 14.4 Å². The van der Waals surface area contributed by atoms with Gasteiger partial charge in [0.25, 0.3) is 5.91 Å². The number of carbonyl (C=O) groups is 1. The third-order valence-electron chi connectivity index (χ3n) is 4.08. The molecule has 4 nitrogen and oxygen atoms in total. The topological polar surface area (TPSA) is 38.8 Å². The number of halogens is 2. The summed E-state index contributed by atoms with van der Waals surface area (Å²) >= 11 is 5.94. The van der Waals surface area contributed by atoms with Crippen LogP contribution in [0.1, 0.15) is 18.6 Å². The van der Waals surface area contributed by atoms with E-state index in [1.165, 1.54) is 12.1 Å². The number of nitrogens with zero attached hydrogens (tertiary/aromatic N) is 1. The van der Waals surface area contributed by atoms with Crippen molar-refractivity contribution in [3.05, 3.63) is 64.9 Å². The van der Waals surface area contributed by atoms with Crippen molar-refractivity contribution in [3.8, 4) is 5.75 Å². The van der Waals surface area contributed by atoms with Gasteiger partial charge in [-0.25, -0.2) is 4.39 Å². The van der Waals surface area contributed by atoms with Gasteiger partial charge in [0.2, 0.25) is 0 Å². The van der Waals surface area contributed by atoms with E-state index in [4.69, 9.17) is 21.1 Å². The predicted molar refractivity (Wildman–Crippen MR) is 93.2 cm³/mol. The molecule has 1 aliphatic rings. The maximum Gasteiger partial charge on any atom is 0.263 e. The van der Waals surface area contributed by atoms with Crippen LogP contribution < -0.4 is 4.74 Å². The molecule has 0 aliphatic carbocycles. The monoisotopic (exact) mass is 363 g/mol. The molecule has 1 aliphatic heterocycles. The number of hydrogen-bond donors (Lipinski definition) is 0. The molecule has 0 aromatic heterocycles. The molecule has 1 amide bonds. The van der Waals surface area contributed by atoms with Crippen molar-refractivity contribution in [2.75, 3.05) is 19.7 Å². The highest BCUT2D eigenvalue weighted by atomic mass is 35.5. The van der Waals surface area contributed by atoms with Crippen molar-refractivity contribution < 1.29 is 18.7 Å². The van der Waals surface area contributed by atoms with Gasteiger partial charge in [-0.2, -0.15) is 0 Å². The number of hydrogen-bond acceptors (Lipinski definition) is 3. The summed E-state index contributed by atoms with van der Waals surface area (Å²) in [6.07, 6.45) is -0.901. The maximum absolute atomic E-state index is 13.1. The Morgan fingerprint density at radius 1 is 1.32 bits per heavy atom. The average Bonchev–Trinajstić information content (AvgIpc) is 2.62. The second-order valence-corrected chi connectivity index (χ2v) is 6.35. The Kier molecular flexibility index (Phi) is 5.56. The lowest BCUT2D eigenvalue weighted by Crippen LogP contribution is -2.47. The lowest BCUT2D eigenvalue weighted by molar-refractivity contribution is -0.145. The molecule has 132 valence electrons. The zero-order valence-corrected chi connectivity index (χ0v) is 14.6. The third-order valence-corrected chi connectivity index (χ3v) is 4.31. The highest BCUT2D eigenvalue weighted by molar-refractivity contribution is 6.30. The summed E-state index contributed by atoms with van der Waals surface area (Å²) in [6.45, 7) is 3.05. The van der Waals surface area contributed by atoms with Crippen LogP contribution in [0.2, 0.25) is 5.02 Å². The van der Waals surface area contributed by atoms with Crippen LogP contribution in [0, 0.1) is 5.82 Å². The first-order valence-corrected chi connectivity index (χ1v) is 8.49. The van der Waals surface area contributed by atoms with E-state index >= 15 is 0 Å². The smallest absolute Gasteiger partial charge is 0.263 e. The summed E-state index contributed by atoms with van der Waals surface area (Å²) in [5.74, 6) is 0.142. The molecule has 1 saturated heterocycles. The Labute approximate surface area is 151 Å². The molecule has 25 heavy (non-hydrogen) atoms. The number of rotatable bonds is 4. The van der Waals surface area contributed by atoms with E-state index in [9.17, 15) is 9.18 Å². The van der Waals surface area contributed by atoms with Crippen LogP contribution in [-0.4, -0.2) is 36.6 Å². The summed E-state index contributed by atoms with van der Waals surface area (Å²) in [4.78, 5) is 14.4. The maximum atomic E-state index is 13.1. The van der Waals surface area contributed by atoms with E-state index in [0.717, 1.165) is 5.56 Å². The van der Waals surface area contributed by atoms with Gasteiger partial charge >= 0.3 is 0 Å². The normalized spacial score (nSPS) is 18.7. The Bertz CT molecular complexity index is 738. The van der Waals surface area contributed by atoms with E-state index in [1.807, 2.05) is 0 Å². The van der Waals surface area contributed by atoms with Crippen LogP contribution in [0.4, 0.5) is 4.39 Å². The number of ether oxygens (including phenoxy) is 2. The fourth-order valence-electron chi connectivity index (χ4n) is 2.78. The van der Waals surface area contributed by atoms with E-state index in [2.05, 4.69) is 0 Å². The summed E-state index contributed by atoms with van der Waals surface area (Å²) in [7, 11) is 0. The number of morpholine rings is 1. The molecule has 6 heteroatoms. The Balaban J connectivity index is 1.64. The molecular weight excluding hydrogens is 345 g/mol. The zero-order chi connectivity index (χ0) is 17.8. The van der Waals surface area contributed by atoms with Crippen molar-refractivity contribution in [1.29, 1.82) is 0 Å². The first-order chi connectivity index (χ1) is 12.0. The summed E-state index contributed by atoms with van der Waals surface area (Å²) in [5, 5.41) is 0.555.